The molecule has 3 N–H and O–H groups in total. The molecule has 0 aromatic heterocycles. The minimum atomic E-state index is -0.599. The zero-order valence-corrected chi connectivity index (χ0v) is 16.4. The Morgan fingerprint density at radius 3 is 2.89 bits per heavy atom. The number of amidine groups is 1. The van der Waals surface area contributed by atoms with Gasteiger partial charge < -0.3 is 15.7 Å². The summed E-state index contributed by atoms with van der Waals surface area (Å²) >= 11 is 7.18. The van der Waals surface area contributed by atoms with Crippen LogP contribution in [0.25, 0.3) is 0 Å². The minimum absolute atomic E-state index is 0.00926. The number of para-hydroxylation sites is 1. The highest BCUT2D eigenvalue weighted by Gasteiger charge is 2.32. The second kappa shape index (κ2) is 8.90. The van der Waals surface area contributed by atoms with Crippen LogP contribution in [0.1, 0.15) is 17.5 Å². The van der Waals surface area contributed by atoms with E-state index in [2.05, 4.69) is 20.8 Å². The van der Waals surface area contributed by atoms with Crippen LogP contribution in [0, 0.1) is 6.92 Å². The third-order valence-electron chi connectivity index (χ3n) is 3.97. The second-order valence-electron chi connectivity index (χ2n) is 5.97. The van der Waals surface area contributed by atoms with Gasteiger partial charge in [-0.2, -0.15) is 5.10 Å². The van der Waals surface area contributed by atoms with E-state index >= 15 is 0 Å². The van der Waals surface area contributed by atoms with Crippen LogP contribution in [0.2, 0.25) is 5.02 Å². The average molecular weight is 417 g/mol. The van der Waals surface area contributed by atoms with Gasteiger partial charge in [-0.15, -0.1) is 5.10 Å². The summed E-state index contributed by atoms with van der Waals surface area (Å²) in [5.74, 6) is -0.517. The lowest BCUT2D eigenvalue weighted by Crippen LogP contribution is -2.28. The molecule has 28 heavy (non-hydrogen) atoms. The van der Waals surface area contributed by atoms with Crippen LogP contribution in [0.15, 0.2) is 52.7 Å². The molecule has 3 rings (SSSR count). The van der Waals surface area contributed by atoms with Crippen LogP contribution >= 0.6 is 23.4 Å². The van der Waals surface area contributed by atoms with Crippen molar-refractivity contribution in [1.29, 1.82) is 0 Å². The summed E-state index contributed by atoms with van der Waals surface area (Å²) in [6.07, 6.45) is 1.38. The fourth-order valence-corrected chi connectivity index (χ4v) is 3.54. The quantitative estimate of drug-likeness (QED) is 0.514. The van der Waals surface area contributed by atoms with Gasteiger partial charge in [0.1, 0.15) is 11.0 Å². The molecule has 2 aromatic carbocycles. The number of halogens is 1. The van der Waals surface area contributed by atoms with Crippen molar-refractivity contribution >= 4 is 52.2 Å². The SMILES string of the molecule is Cc1c(Cl)cccc1NC(=O)C[C@@H]1S/C(=N/N=C\c2ccccc2O)NC1=O. The predicted molar refractivity (Wildman–Crippen MR) is 112 cm³/mol. The van der Waals surface area contributed by atoms with Gasteiger partial charge in [-0.1, -0.05) is 41.6 Å². The summed E-state index contributed by atoms with van der Waals surface area (Å²) in [5.41, 5.74) is 1.89. The number of carbonyl (C=O) groups is 2. The summed E-state index contributed by atoms with van der Waals surface area (Å²) in [6, 6.07) is 11.9. The molecule has 1 saturated heterocycles. The molecule has 2 aromatic rings. The Bertz CT molecular complexity index is 977. The largest absolute Gasteiger partial charge is 0.507 e. The lowest BCUT2D eigenvalue weighted by atomic mass is 10.2. The molecule has 0 spiro atoms. The third kappa shape index (κ3) is 4.90. The number of hydrogen-bond acceptors (Lipinski definition) is 6. The highest BCUT2D eigenvalue weighted by molar-refractivity contribution is 8.15. The second-order valence-corrected chi connectivity index (χ2v) is 7.57. The number of hydrogen-bond donors (Lipinski definition) is 3. The third-order valence-corrected chi connectivity index (χ3v) is 5.45. The molecule has 0 unspecified atom stereocenters. The van der Waals surface area contributed by atoms with Crippen molar-refractivity contribution in [3.63, 3.8) is 0 Å². The van der Waals surface area contributed by atoms with Crippen molar-refractivity contribution in [3.8, 4) is 5.75 Å². The molecule has 0 aliphatic carbocycles. The molecule has 1 aliphatic heterocycles. The van der Waals surface area contributed by atoms with Crippen LogP contribution in [-0.4, -0.2) is 33.6 Å². The first-order valence-electron chi connectivity index (χ1n) is 8.35. The van der Waals surface area contributed by atoms with Crippen molar-refractivity contribution < 1.29 is 14.7 Å². The maximum atomic E-state index is 12.3. The number of aromatic hydroxyl groups is 1. The van der Waals surface area contributed by atoms with E-state index in [0.717, 1.165) is 17.3 Å². The highest BCUT2D eigenvalue weighted by Crippen LogP contribution is 2.26. The Morgan fingerprint density at radius 2 is 2.11 bits per heavy atom. The molecular formula is C19H17ClN4O3S. The lowest BCUT2D eigenvalue weighted by Gasteiger charge is -2.10. The van der Waals surface area contributed by atoms with Gasteiger partial charge in [0.05, 0.1) is 6.21 Å². The lowest BCUT2D eigenvalue weighted by molar-refractivity contribution is -0.122. The van der Waals surface area contributed by atoms with Crippen LogP contribution in [0.3, 0.4) is 0 Å². The molecule has 9 heteroatoms. The van der Waals surface area contributed by atoms with Crippen LogP contribution in [0.4, 0.5) is 5.69 Å². The number of nitrogens with zero attached hydrogens (tertiary/aromatic N) is 2. The van der Waals surface area contributed by atoms with Gasteiger partial charge in [-0.25, -0.2) is 0 Å². The predicted octanol–water partition coefficient (Wildman–Crippen LogP) is 3.30. The van der Waals surface area contributed by atoms with Gasteiger partial charge in [-0.05, 0) is 36.8 Å². The van der Waals surface area contributed by atoms with Crippen molar-refractivity contribution in [1.82, 2.24) is 5.32 Å². The molecule has 144 valence electrons. The number of phenols is 1. The maximum Gasteiger partial charge on any atom is 0.240 e. The van der Waals surface area contributed by atoms with Crippen molar-refractivity contribution in [2.75, 3.05) is 5.32 Å². The molecule has 1 fully saturated rings. The van der Waals surface area contributed by atoms with Crippen molar-refractivity contribution in [2.24, 2.45) is 10.2 Å². The monoisotopic (exact) mass is 416 g/mol. The van der Waals surface area contributed by atoms with E-state index in [1.54, 1.807) is 36.4 Å². The summed E-state index contributed by atoms with van der Waals surface area (Å²) in [6.45, 7) is 1.81. The molecular weight excluding hydrogens is 400 g/mol. The number of benzene rings is 2. The molecule has 0 saturated carbocycles. The number of rotatable bonds is 5. The standard InChI is InChI=1S/C19H17ClN4O3S/c1-11-13(20)6-4-7-14(11)22-17(26)9-16-18(27)23-19(28-16)24-21-10-12-5-2-3-8-15(12)25/h2-8,10,16,25H,9H2,1H3,(H,22,26)(H,23,24,27)/b21-10-/t16-/m0/s1. The summed E-state index contributed by atoms with van der Waals surface area (Å²) in [5, 5.41) is 23.1. The Hall–Kier alpha value is -2.84. The van der Waals surface area contributed by atoms with Gasteiger partial charge in [0.25, 0.3) is 0 Å². The van der Waals surface area contributed by atoms with Gasteiger partial charge in [0.15, 0.2) is 5.17 Å². The van der Waals surface area contributed by atoms with E-state index < -0.39 is 5.25 Å². The first-order valence-corrected chi connectivity index (χ1v) is 9.61. The number of thioether (sulfide) groups is 1. The zero-order valence-electron chi connectivity index (χ0n) is 14.8. The van der Waals surface area contributed by atoms with E-state index in [1.165, 1.54) is 12.3 Å². The van der Waals surface area contributed by atoms with E-state index in [1.807, 2.05) is 6.92 Å². The first-order chi connectivity index (χ1) is 13.4. The smallest absolute Gasteiger partial charge is 0.240 e. The topological polar surface area (TPSA) is 103 Å². The Balaban J connectivity index is 1.59. The normalized spacial score (nSPS) is 17.9. The number of nitrogens with one attached hydrogen (secondary N) is 2. The fourth-order valence-electron chi connectivity index (χ4n) is 2.44. The van der Waals surface area contributed by atoms with Crippen LogP contribution in [0.5, 0.6) is 5.75 Å². The van der Waals surface area contributed by atoms with E-state index in [0.29, 0.717) is 21.4 Å². The van der Waals surface area contributed by atoms with E-state index in [-0.39, 0.29) is 24.0 Å². The summed E-state index contributed by atoms with van der Waals surface area (Å²) in [4.78, 5) is 24.4. The van der Waals surface area contributed by atoms with Crippen molar-refractivity contribution in [3.05, 3.63) is 58.6 Å². The first kappa shape index (κ1) is 19.9. The number of amides is 2. The fraction of sp³-hybridized carbons (Fsp3) is 0.158. The average Bonchev–Trinajstić information content (AvgIpc) is 3.00. The Kier molecular flexibility index (Phi) is 6.33. The zero-order chi connectivity index (χ0) is 20.1. The molecule has 0 bridgehead atoms. The van der Waals surface area contributed by atoms with Gasteiger partial charge >= 0.3 is 0 Å². The number of carbonyl (C=O) groups excluding carboxylic acids is 2. The van der Waals surface area contributed by atoms with E-state index in [9.17, 15) is 14.7 Å². The maximum absolute atomic E-state index is 12.3. The van der Waals surface area contributed by atoms with Gasteiger partial charge in [0, 0.05) is 22.7 Å². The van der Waals surface area contributed by atoms with E-state index in [4.69, 9.17) is 11.6 Å². The summed E-state index contributed by atoms with van der Waals surface area (Å²) in [7, 11) is 0. The minimum Gasteiger partial charge on any atom is -0.507 e. The number of phenolic OH excluding ortho intramolecular Hbond substituents is 1. The number of anilines is 1. The molecule has 1 heterocycles. The van der Waals surface area contributed by atoms with Crippen LogP contribution < -0.4 is 10.6 Å². The van der Waals surface area contributed by atoms with Gasteiger partial charge in [0.2, 0.25) is 11.8 Å². The Morgan fingerprint density at radius 1 is 1.32 bits per heavy atom. The molecule has 1 atom stereocenters. The summed E-state index contributed by atoms with van der Waals surface area (Å²) < 4.78 is 0. The molecule has 1 aliphatic rings. The Labute approximate surface area is 170 Å². The van der Waals surface area contributed by atoms with Crippen molar-refractivity contribution in [2.45, 2.75) is 18.6 Å². The highest BCUT2D eigenvalue weighted by atomic mass is 35.5. The molecule has 2 amide bonds. The molecule has 7 nitrogen and oxygen atoms in total. The van der Waals surface area contributed by atoms with Gasteiger partial charge in [-0.3, -0.25) is 9.59 Å². The van der Waals surface area contributed by atoms with Crippen LogP contribution in [-0.2, 0) is 9.59 Å². The molecule has 0 radical (unpaired) electrons.